The number of nitrogens with one attached hydrogen (secondary N) is 1. The lowest BCUT2D eigenvalue weighted by atomic mass is 10.00. The molecule has 0 unspecified atom stereocenters. The molecule has 0 saturated heterocycles. The van der Waals surface area contributed by atoms with Crippen LogP contribution in [0.5, 0.6) is 0 Å². The lowest BCUT2D eigenvalue weighted by Crippen LogP contribution is -2.30. The number of sulfonamides is 1. The third-order valence-corrected chi connectivity index (χ3v) is 6.64. The highest BCUT2D eigenvalue weighted by Crippen LogP contribution is 2.23. The van der Waals surface area contributed by atoms with Crippen molar-refractivity contribution in [3.05, 3.63) is 100 Å². The van der Waals surface area contributed by atoms with E-state index in [4.69, 9.17) is 0 Å². The number of nitrogens with zero attached hydrogens (tertiary/aromatic N) is 1. The van der Waals surface area contributed by atoms with E-state index in [0.29, 0.717) is 11.3 Å². The summed E-state index contributed by atoms with van der Waals surface area (Å²) in [6, 6.07) is 20.4. The van der Waals surface area contributed by atoms with Crippen molar-refractivity contribution < 1.29 is 13.2 Å². The van der Waals surface area contributed by atoms with Crippen molar-refractivity contribution in [2.24, 2.45) is 0 Å². The predicted octanol–water partition coefficient (Wildman–Crippen LogP) is 5.07. The first-order valence-corrected chi connectivity index (χ1v) is 12.4. The Hall–Kier alpha value is -3.12. The fourth-order valence-electron chi connectivity index (χ4n) is 3.71. The maximum atomic E-state index is 12.8. The molecule has 6 heteroatoms. The number of amides is 1. The molecule has 0 aliphatic heterocycles. The number of carbonyl (C=O) groups is 1. The van der Waals surface area contributed by atoms with Crippen LogP contribution < -0.4 is 9.62 Å². The van der Waals surface area contributed by atoms with Gasteiger partial charge >= 0.3 is 0 Å². The van der Waals surface area contributed by atoms with Crippen LogP contribution in [0, 0.1) is 20.8 Å². The van der Waals surface area contributed by atoms with Gasteiger partial charge in [-0.2, -0.15) is 0 Å². The zero-order valence-corrected chi connectivity index (χ0v) is 20.0. The summed E-state index contributed by atoms with van der Waals surface area (Å²) >= 11 is 0. The van der Waals surface area contributed by atoms with Gasteiger partial charge in [0.05, 0.1) is 24.5 Å². The Morgan fingerprint density at radius 2 is 1.50 bits per heavy atom. The number of aryl methyl sites for hydroxylation is 3. The van der Waals surface area contributed by atoms with Crippen molar-refractivity contribution in [3.8, 4) is 0 Å². The largest absolute Gasteiger partial charge is 0.346 e. The van der Waals surface area contributed by atoms with E-state index in [1.807, 2.05) is 64.1 Å². The summed E-state index contributed by atoms with van der Waals surface area (Å²) in [7, 11) is -3.49. The van der Waals surface area contributed by atoms with Crippen molar-refractivity contribution in [3.63, 3.8) is 0 Å². The Morgan fingerprint density at radius 1 is 0.906 bits per heavy atom. The van der Waals surface area contributed by atoms with Gasteiger partial charge in [0.15, 0.2) is 0 Å². The molecule has 0 radical (unpaired) electrons. The first-order chi connectivity index (χ1) is 15.0. The van der Waals surface area contributed by atoms with Crippen molar-refractivity contribution >= 4 is 21.6 Å². The Balaban J connectivity index is 1.76. The normalized spacial score (nSPS) is 12.3. The maximum Gasteiger partial charge on any atom is 0.251 e. The highest BCUT2D eigenvalue weighted by Gasteiger charge is 2.19. The van der Waals surface area contributed by atoms with E-state index in [2.05, 4.69) is 11.4 Å². The molecule has 3 aromatic rings. The number of benzene rings is 3. The Bertz CT molecular complexity index is 1200. The molecule has 0 aliphatic rings. The summed E-state index contributed by atoms with van der Waals surface area (Å²) < 4.78 is 26.2. The van der Waals surface area contributed by atoms with Gasteiger partial charge in [-0.05, 0) is 68.7 Å². The minimum absolute atomic E-state index is 0.142. The van der Waals surface area contributed by atoms with E-state index in [1.54, 1.807) is 24.3 Å². The molecule has 1 atom stereocenters. The first-order valence-electron chi connectivity index (χ1n) is 10.6. The van der Waals surface area contributed by atoms with Gasteiger partial charge in [-0.3, -0.25) is 9.10 Å². The Kier molecular flexibility index (Phi) is 7.04. The molecule has 1 N–H and O–H groups in total. The summed E-state index contributed by atoms with van der Waals surface area (Å²) in [5.74, 6) is -0.200. The van der Waals surface area contributed by atoms with Crippen LogP contribution in [0.3, 0.4) is 0 Å². The van der Waals surface area contributed by atoms with E-state index >= 15 is 0 Å². The summed E-state index contributed by atoms with van der Waals surface area (Å²) in [5, 5.41) is 3.03. The molecule has 0 bridgehead atoms. The summed E-state index contributed by atoms with van der Waals surface area (Å²) in [4.78, 5) is 12.8. The Morgan fingerprint density at radius 3 is 2.06 bits per heavy atom. The third-order valence-electron chi connectivity index (χ3n) is 5.50. The standard InChI is InChI=1S/C26H30N2O3S/c1-18-6-9-22(10-7-18)17-28(32(5,30)31)24-13-11-23(12-14-24)26(29)27-21(4)25-15-8-19(2)16-20(25)3/h6-16,21H,17H2,1-5H3,(H,27,29)/t21-/m1/s1. The summed E-state index contributed by atoms with van der Waals surface area (Å²) in [6.07, 6.45) is 1.19. The molecule has 5 nitrogen and oxygen atoms in total. The van der Waals surface area contributed by atoms with E-state index in [0.717, 1.165) is 22.3 Å². The van der Waals surface area contributed by atoms with Crippen molar-refractivity contribution in [1.82, 2.24) is 5.32 Å². The smallest absolute Gasteiger partial charge is 0.251 e. The number of hydrogen-bond donors (Lipinski definition) is 1. The molecule has 0 aromatic heterocycles. The predicted molar refractivity (Wildman–Crippen MR) is 130 cm³/mol. The summed E-state index contributed by atoms with van der Waals surface area (Å²) in [6.45, 7) is 8.25. The lowest BCUT2D eigenvalue weighted by molar-refractivity contribution is 0.0940. The molecular weight excluding hydrogens is 420 g/mol. The second-order valence-electron chi connectivity index (χ2n) is 8.36. The molecular formula is C26H30N2O3S. The quantitative estimate of drug-likeness (QED) is 0.547. The Labute approximate surface area is 191 Å². The van der Waals surface area contributed by atoms with Crippen LogP contribution in [0.2, 0.25) is 0 Å². The van der Waals surface area contributed by atoms with Crippen molar-refractivity contribution in [2.45, 2.75) is 40.3 Å². The molecule has 0 heterocycles. The van der Waals surface area contributed by atoms with Gasteiger partial charge < -0.3 is 5.32 Å². The zero-order valence-electron chi connectivity index (χ0n) is 19.2. The summed E-state index contributed by atoms with van der Waals surface area (Å²) in [5.41, 5.74) is 6.40. The van der Waals surface area contributed by atoms with Crippen LogP contribution in [0.4, 0.5) is 5.69 Å². The molecule has 1 amide bonds. The number of anilines is 1. The second kappa shape index (κ2) is 9.57. The molecule has 168 valence electrons. The van der Waals surface area contributed by atoms with Gasteiger partial charge in [0.2, 0.25) is 10.0 Å². The molecule has 0 fully saturated rings. The highest BCUT2D eigenvalue weighted by atomic mass is 32.2. The van der Waals surface area contributed by atoms with E-state index < -0.39 is 10.0 Å². The number of carbonyl (C=O) groups excluding carboxylic acids is 1. The van der Waals surface area contributed by atoms with Gasteiger partial charge in [0.25, 0.3) is 5.91 Å². The van der Waals surface area contributed by atoms with Crippen LogP contribution in [0.15, 0.2) is 66.7 Å². The van der Waals surface area contributed by atoms with E-state index in [-0.39, 0.29) is 18.5 Å². The van der Waals surface area contributed by atoms with Gasteiger partial charge in [0.1, 0.15) is 0 Å². The monoisotopic (exact) mass is 450 g/mol. The van der Waals surface area contributed by atoms with Crippen LogP contribution in [0.1, 0.15) is 51.1 Å². The second-order valence-corrected chi connectivity index (χ2v) is 10.3. The topological polar surface area (TPSA) is 66.5 Å². The molecule has 3 aromatic carbocycles. The first kappa shape index (κ1) is 23.5. The van der Waals surface area contributed by atoms with E-state index in [1.165, 1.54) is 16.1 Å². The molecule has 0 aliphatic carbocycles. The van der Waals surface area contributed by atoms with Gasteiger partial charge in [-0.25, -0.2) is 8.42 Å². The van der Waals surface area contributed by atoms with Crippen LogP contribution in [-0.2, 0) is 16.6 Å². The molecule has 3 rings (SSSR count). The van der Waals surface area contributed by atoms with Crippen molar-refractivity contribution in [2.75, 3.05) is 10.6 Å². The number of rotatable bonds is 7. The van der Waals surface area contributed by atoms with Crippen LogP contribution in [-0.4, -0.2) is 20.6 Å². The third kappa shape index (κ3) is 5.77. The van der Waals surface area contributed by atoms with Gasteiger partial charge in [-0.1, -0.05) is 53.6 Å². The minimum Gasteiger partial charge on any atom is -0.346 e. The fourth-order valence-corrected chi connectivity index (χ4v) is 4.60. The molecule has 32 heavy (non-hydrogen) atoms. The average Bonchev–Trinajstić information content (AvgIpc) is 2.72. The molecule has 0 spiro atoms. The SMILES string of the molecule is Cc1ccc(CN(c2ccc(C(=O)N[C@H](C)c3ccc(C)cc3C)cc2)S(C)(=O)=O)cc1. The van der Waals surface area contributed by atoms with Gasteiger partial charge in [0, 0.05) is 5.56 Å². The highest BCUT2D eigenvalue weighted by molar-refractivity contribution is 7.92. The number of hydrogen-bond acceptors (Lipinski definition) is 3. The van der Waals surface area contributed by atoms with Crippen LogP contribution in [0.25, 0.3) is 0 Å². The zero-order chi connectivity index (χ0) is 23.5. The van der Waals surface area contributed by atoms with Gasteiger partial charge in [-0.15, -0.1) is 0 Å². The fraction of sp³-hybridized carbons (Fsp3) is 0.269. The van der Waals surface area contributed by atoms with E-state index in [9.17, 15) is 13.2 Å². The average molecular weight is 451 g/mol. The minimum atomic E-state index is -3.49. The lowest BCUT2D eigenvalue weighted by Gasteiger charge is -2.23. The molecule has 0 saturated carbocycles. The maximum absolute atomic E-state index is 12.8. The van der Waals surface area contributed by atoms with Crippen molar-refractivity contribution in [1.29, 1.82) is 0 Å². The van der Waals surface area contributed by atoms with Crippen LogP contribution >= 0.6 is 0 Å².